The van der Waals surface area contributed by atoms with Crippen molar-refractivity contribution >= 4 is 37.5 Å². The number of hydrogen-bond acceptors (Lipinski definition) is 5. The van der Waals surface area contributed by atoms with Crippen molar-refractivity contribution in [2.24, 2.45) is 0 Å². The van der Waals surface area contributed by atoms with Gasteiger partial charge in [-0.15, -0.1) is 0 Å². The molecule has 6 heteroatoms. The lowest BCUT2D eigenvalue weighted by atomic mass is 9.99. The fourth-order valence-corrected chi connectivity index (χ4v) is 4.10. The number of nitrogens with zero attached hydrogens (tertiary/aromatic N) is 3. The molecule has 0 spiro atoms. The molecular formula is C21H16N4OS. The number of benzene rings is 3. The van der Waals surface area contributed by atoms with Crippen molar-refractivity contribution < 1.29 is 5.11 Å². The predicted molar refractivity (Wildman–Crippen MR) is 109 cm³/mol. The van der Waals surface area contributed by atoms with E-state index in [9.17, 15) is 5.11 Å². The van der Waals surface area contributed by atoms with E-state index >= 15 is 0 Å². The maximum atomic E-state index is 10.3. The van der Waals surface area contributed by atoms with Crippen LogP contribution < -0.4 is 5.43 Å². The summed E-state index contributed by atoms with van der Waals surface area (Å²) in [6.07, 6.45) is 4.34. The van der Waals surface area contributed by atoms with Gasteiger partial charge in [0.15, 0.2) is 0 Å². The monoisotopic (exact) mass is 372 g/mol. The van der Waals surface area contributed by atoms with E-state index in [-0.39, 0.29) is 0 Å². The molecule has 2 N–H and O–H groups in total. The Labute approximate surface area is 159 Å². The van der Waals surface area contributed by atoms with Crippen LogP contribution in [0.5, 0.6) is 5.75 Å². The van der Waals surface area contributed by atoms with Gasteiger partial charge in [0, 0.05) is 12.0 Å². The molecule has 132 valence electrons. The van der Waals surface area contributed by atoms with Crippen LogP contribution in [0.15, 0.2) is 73.1 Å². The number of fused-ring (bicyclic) bond motifs is 2. The standard InChI is InChI=1S/C21H16N4OS/c26-19-10-9-15-5-1-2-6-16(15)17(19)11-14-12-22-25(13-14)24-21-23-18-7-3-4-8-20(18)27-21/h1-10,12-13,26H,11H2,(H,23,24). The van der Waals surface area contributed by atoms with Crippen LogP contribution in [0.25, 0.3) is 21.0 Å². The second-order valence-corrected chi connectivity index (χ2v) is 7.38. The molecule has 0 bridgehead atoms. The lowest BCUT2D eigenvalue weighted by Crippen LogP contribution is -2.08. The second-order valence-electron chi connectivity index (χ2n) is 6.35. The van der Waals surface area contributed by atoms with E-state index in [1.165, 1.54) is 0 Å². The highest BCUT2D eigenvalue weighted by atomic mass is 32.1. The summed E-state index contributed by atoms with van der Waals surface area (Å²) in [4.78, 5) is 6.22. The molecule has 0 atom stereocenters. The summed E-state index contributed by atoms with van der Waals surface area (Å²) in [7, 11) is 0. The SMILES string of the molecule is Oc1ccc2ccccc2c1Cc1cnn(Nc2nc3ccccc3s2)c1. The molecule has 5 nitrogen and oxygen atoms in total. The summed E-state index contributed by atoms with van der Waals surface area (Å²) in [6, 6.07) is 19.8. The number of aromatic hydroxyl groups is 1. The quantitative estimate of drug-likeness (QED) is 0.475. The molecule has 0 aliphatic rings. The highest BCUT2D eigenvalue weighted by molar-refractivity contribution is 7.22. The van der Waals surface area contributed by atoms with Crippen molar-refractivity contribution in [3.05, 3.63) is 84.2 Å². The van der Waals surface area contributed by atoms with E-state index in [0.29, 0.717) is 12.2 Å². The van der Waals surface area contributed by atoms with Crippen LogP contribution in [0.2, 0.25) is 0 Å². The zero-order valence-corrected chi connectivity index (χ0v) is 15.1. The molecule has 0 fully saturated rings. The van der Waals surface area contributed by atoms with E-state index in [1.54, 1.807) is 22.2 Å². The Balaban J connectivity index is 1.42. The summed E-state index contributed by atoms with van der Waals surface area (Å²) in [5.74, 6) is 0.306. The van der Waals surface area contributed by atoms with Gasteiger partial charge in [-0.1, -0.05) is 53.8 Å². The predicted octanol–water partition coefficient (Wildman–Crippen LogP) is 4.82. The molecule has 0 saturated carbocycles. The van der Waals surface area contributed by atoms with Gasteiger partial charge >= 0.3 is 0 Å². The van der Waals surface area contributed by atoms with Crippen LogP contribution in [0.3, 0.4) is 0 Å². The van der Waals surface area contributed by atoms with Gasteiger partial charge < -0.3 is 5.11 Å². The summed E-state index contributed by atoms with van der Waals surface area (Å²) in [5, 5.41) is 17.7. The first-order chi connectivity index (χ1) is 13.3. The van der Waals surface area contributed by atoms with Gasteiger partial charge in [-0.3, -0.25) is 5.43 Å². The summed E-state index contributed by atoms with van der Waals surface area (Å²) < 4.78 is 1.13. The first kappa shape index (κ1) is 15.8. The molecule has 0 radical (unpaired) electrons. The average Bonchev–Trinajstić information content (AvgIpc) is 3.30. The summed E-state index contributed by atoms with van der Waals surface area (Å²) in [5.41, 5.74) is 6.09. The average molecular weight is 372 g/mol. The van der Waals surface area contributed by atoms with Crippen LogP contribution in [0.1, 0.15) is 11.1 Å². The Bertz CT molecular complexity index is 1220. The van der Waals surface area contributed by atoms with E-state index < -0.39 is 0 Å². The summed E-state index contributed by atoms with van der Waals surface area (Å²) in [6.45, 7) is 0. The largest absolute Gasteiger partial charge is 0.508 e. The highest BCUT2D eigenvalue weighted by Crippen LogP contribution is 2.29. The van der Waals surface area contributed by atoms with Gasteiger partial charge in [0.05, 0.1) is 22.6 Å². The van der Waals surface area contributed by atoms with Gasteiger partial charge in [0.25, 0.3) is 0 Å². The van der Waals surface area contributed by atoms with E-state index in [2.05, 4.69) is 27.6 Å². The third-order valence-corrected chi connectivity index (χ3v) is 5.48. The topological polar surface area (TPSA) is 63.0 Å². The number of rotatable bonds is 4. The zero-order chi connectivity index (χ0) is 18.2. The van der Waals surface area contributed by atoms with Crippen LogP contribution in [0, 0.1) is 0 Å². The van der Waals surface area contributed by atoms with Gasteiger partial charge in [-0.25, -0.2) is 4.98 Å². The molecule has 27 heavy (non-hydrogen) atoms. The first-order valence-electron chi connectivity index (χ1n) is 8.62. The molecule has 5 aromatic rings. The third-order valence-electron chi connectivity index (χ3n) is 4.54. The van der Waals surface area contributed by atoms with Gasteiger partial charge in [-0.2, -0.15) is 9.89 Å². The Hall–Kier alpha value is -3.38. The lowest BCUT2D eigenvalue weighted by Gasteiger charge is -2.08. The molecule has 0 saturated heterocycles. The minimum Gasteiger partial charge on any atom is -0.508 e. The molecule has 2 heterocycles. The number of thiazole rings is 1. The number of para-hydroxylation sites is 1. The molecular weight excluding hydrogens is 356 g/mol. The maximum absolute atomic E-state index is 10.3. The first-order valence-corrected chi connectivity index (χ1v) is 9.44. The molecule has 5 rings (SSSR count). The Kier molecular flexibility index (Phi) is 3.76. The molecule has 2 aromatic heterocycles. The zero-order valence-electron chi connectivity index (χ0n) is 14.3. The van der Waals surface area contributed by atoms with E-state index in [0.717, 1.165) is 37.2 Å². The Morgan fingerprint density at radius 3 is 2.78 bits per heavy atom. The van der Waals surface area contributed by atoms with Crippen LogP contribution in [-0.4, -0.2) is 20.0 Å². The summed E-state index contributed by atoms with van der Waals surface area (Å²) >= 11 is 1.59. The van der Waals surface area contributed by atoms with Crippen LogP contribution in [0.4, 0.5) is 5.13 Å². The van der Waals surface area contributed by atoms with Crippen molar-refractivity contribution in [1.29, 1.82) is 0 Å². The van der Waals surface area contributed by atoms with Crippen LogP contribution in [-0.2, 0) is 6.42 Å². The molecule has 0 amide bonds. The number of phenolic OH excluding ortho intramolecular Hbond substituents is 1. The maximum Gasteiger partial charge on any atom is 0.204 e. The van der Waals surface area contributed by atoms with E-state index in [1.807, 2.05) is 54.9 Å². The van der Waals surface area contributed by atoms with Crippen molar-refractivity contribution in [2.45, 2.75) is 6.42 Å². The van der Waals surface area contributed by atoms with Gasteiger partial charge in [0.2, 0.25) is 5.13 Å². The third kappa shape index (κ3) is 3.00. The van der Waals surface area contributed by atoms with Crippen molar-refractivity contribution in [3.63, 3.8) is 0 Å². The van der Waals surface area contributed by atoms with Crippen LogP contribution >= 0.6 is 11.3 Å². The number of anilines is 1. The van der Waals surface area contributed by atoms with Crippen molar-refractivity contribution in [1.82, 2.24) is 14.9 Å². The molecule has 0 aliphatic heterocycles. The lowest BCUT2D eigenvalue weighted by molar-refractivity contribution is 0.470. The van der Waals surface area contributed by atoms with E-state index in [4.69, 9.17) is 0 Å². The fourth-order valence-electron chi connectivity index (χ4n) is 3.24. The minimum atomic E-state index is 0.306. The normalized spacial score (nSPS) is 11.3. The number of aromatic nitrogens is 3. The number of hydrogen-bond donors (Lipinski definition) is 2. The van der Waals surface area contributed by atoms with Crippen molar-refractivity contribution in [3.8, 4) is 5.75 Å². The Morgan fingerprint density at radius 2 is 1.85 bits per heavy atom. The Morgan fingerprint density at radius 1 is 1.00 bits per heavy atom. The van der Waals surface area contributed by atoms with Gasteiger partial charge in [0.1, 0.15) is 5.75 Å². The van der Waals surface area contributed by atoms with Crippen molar-refractivity contribution in [2.75, 3.05) is 5.43 Å². The van der Waals surface area contributed by atoms with Gasteiger partial charge in [-0.05, 0) is 34.5 Å². The molecule has 0 unspecified atom stereocenters. The molecule has 0 aliphatic carbocycles. The number of nitrogens with one attached hydrogen (secondary N) is 1. The smallest absolute Gasteiger partial charge is 0.204 e. The highest BCUT2D eigenvalue weighted by Gasteiger charge is 2.10. The second kappa shape index (κ2) is 6.41. The molecule has 3 aromatic carbocycles. The minimum absolute atomic E-state index is 0.306. The number of phenols is 1. The fraction of sp³-hybridized carbons (Fsp3) is 0.0476.